The predicted molar refractivity (Wildman–Crippen MR) is 106 cm³/mol. The summed E-state index contributed by atoms with van der Waals surface area (Å²) in [6, 6.07) is 8.97. The first-order chi connectivity index (χ1) is 13.4. The molecule has 7 nitrogen and oxygen atoms in total. The summed E-state index contributed by atoms with van der Waals surface area (Å²) in [5.41, 5.74) is 2.11. The molecule has 8 heteroatoms. The lowest BCUT2D eigenvalue weighted by atomic mass is 10.1. The van der Waals surface area contributed by atoms with Crippen LogP contribution < -0.4 is 14.8 Å². The van der Waals surface area contributed by atoms with Gasteiger partial charge in [-0.2, -0.15) is 5.26 Å². The summed E-state index contributed by atoms with van der Waals surface area (Å²) < 4.78 is 10.4. The summed E-state index contributed by atoms with van der Waals surface area (Å²) in [7, 11) is 3.11. The lowest BCUT2D eigenvalue weighted by Crippen LogP contribution is -2.24. The van der Waals surface area contributed by atoms with Gasteiger partial charge in [-0.05, 0) is 37.6 Å². The maximum Gasteiger partial charge on any atom is 0.230 e. The van der Waals surface area contributed by atoms with Crippen LogP contribution in [-0.4, -0.2) is 36.6 Å². The van der Waals surface area contributed by atoms with Gasteiger partial charge in [-0.1, -0.05) is 17.8 Å². The Kier molecular flexibility index (Phi) is 7.41. The molecule has 0 radical (unpaired) electrons. The van der Waals surface area contributed by atoms with Crippen LogP contribution in [0.1, 0.15) is 34.1 Å². The number of pyridine rings is 1. The molecule has 0 aliphatic carbocycles. The second-order valence-corrected chi connectivity index (χ2v) is 6.86. The number of ether oxygens (including phenoxy) is 2. The number of aromatic nitrogens is 1. The normalized spacial score (nSPS) is 10.1. The number of nitrogens with one attached hydrogen (secondary N) is 1. The third-order valence-electron chi connectivity index (χ3n) is 3.96. The maximum absolute atomic E-state index is 12.2. The van der Waals surface area contributed by atoms with E-state index in [1.807, 2.05) is 12.1 Å². The molecule has 0 saturated heterocycles. The molecule has 0 aliphatic heterocycles. The van der Waals surface area contributed by atoms with E-state index in [9.17, 15) is 14.9 Å². The van der Waals surface area contributed by atoms with Gasteiger partial charge in [0.25, 0.3) is 0 Å². The number of amides is 1. The van der Waals surface area contributed by atoms with Gasteiger partial charge in [0.1, 0.15) is 11.1 Å². The fourth-order valence-electron chi connectivity index (χ4n) is 2.51. The van der Waals surface area contributed by atoms with Crippen molar-refractivity contribution in [3.05, 3.63) is 46.6 Å². The average molecular weight is 399 g/mol. The van der Waals surface area contributed by atoms with Gasteiger partial charge in [0.05, 0.1) is 25.5 Å². The molecule has 0 atom stereocenters. The van der Waals surface area contributed by atoms with Crippen molar-refractivity contribution in [3.8, 4) is 17.6 Å². The number of methoxy groups -OCH3 is 2. The first kappa shape index (κ1) is 21.3. The highest BCUT2D eigenvalue weighted by atomic mass is 32.2. The van der Waals surface area contributed by atoms with Gasteiger partial charge in [-0.25, -0.2) is 4.98 Å². The summed E-state index contributed by atoms with van der Waals surface area (Å²) in [5, 5.41) is 12.5. The van der Waals surface area contributed by atoms with Crippen molar-refractivity contribution in [3.63, 3.8) is 0 Å². The third-order valence-corrected chi connectivity index (χ3v) is 4.95. The summed E-state index contributed by atoms with van der Waals surface area (Å²) in [4.78, 5) is 28.1. The van der Waals surface area contributed by atoms with E-state index in [0.717, 1.165) is 17.3 Å². The van der Waals surface area contributed by atoms with Crippen LogP contribution in [0.15, 0.2) is 29.3 Å². The number of carbonyl (C=O) groups is 2. The minimum Gasteiger partial charge on any atom is -0.493 e. The van der Waals surface area contributed by atoms with E-state index in [2.05, 4.69) is 10.3 Å². The number of hydrogen-bond acceptors (Lipinski definition) is 7. The zero-order valence-corrected chi connectivity index (χ0v) is 17.0. The molecule has 1 heterocycles. The zero-order valence-electron chi connectivity index (χ0n) is 16.2. The van der Waals surface area contributed by atoms with E-state index < -0.39 is 0 Å². The second kappa shape index (κ2) is 9.76. The van der Waals surface area contributed by atoms with Crippen molar-refractivity contribution >= 4 is 23.5 Å². The van der Waals surface area contributed by atoms with Crippen LogP contribution in [0.3, 0.4) is 0 Å². The number of carbonyl (C=O) groups excluding carboxylic acids is 2. The Hall–Kier alpha value is -3.05. The molecular weight excluding hydrogens is 378 g/mol. The molecule has 2 aromatic rings. The summed E-state index contributed by atoms with van der Waals surface area (Å²) in [5.74, 6) is 0.970. The fraction of sp³-hybridized carbons (Fsp3) is 0.300. The Bertz CT molecular complexity index is 938. The maximum atomic E-state index is 12.2. The average Bonchev–Trinajstić information content (AvgIpc) is 2.70. The molecule has 0 aliphatic rings. The number of nitrogens with zero attached hydrogens (tertiary/aromatic N) is 2. The second-order valence-electron chi connectivity index (χ2n) is 5.90. The molecule has 1 amide bonds. The SMILES string of the molecule is COc1ccc(CNC(=O)CSc2nc(C)c(C(C)=O)cc2C#N)cc1OC. The first-order valence-electron chi connectivity index (χ1n) is 8.42. The highest BCUT2D eigenvalue weighted by molar-refractivity contribution is 8.00. The smallest absolute Gasteiger partial charge is 0.230 e. The van der Waals surface area contributed by atoms with E-state index in [1.165, 1.54) is 13.0 Å². The number of nitriles is 1. The highest BCUT2D eigenvalue weighted by Gasteiger charge is 2.14. The minimum absolute atomic E-state index is 0.105. The van der Waals surface area contributed by atoms with Crippen LogP contribution in [-0.2, 0) is 11.3 Å². The van der Waals surface area contributed by atoms with Crippen LogP contribution in [0, 0.1) is 18.3 Å². The lowest BCUT2D eigenvalue weighted by molar-refractivity contribution is -0.118. The number of rotatable bonds is 8. The van der Waals surface area contributed by atoms with Crippen molar-refractivity contribution in [2.24, 2.45) is 0 Å². The number of benzene rings is 1. The number of thioether (sulfide) groups is 1. The Morgan fingerprint density at radius 2 is 1.93 bits per heavy atom. The van der Waals surface area contributed by atoms with Crippen LogP contribution in [0.2, 0.25) is 0 Å². The number of aryl methyl sites for hydroxylation is 1. The fourth-order valence-corrected chi connectivity index (χ4v) is 3.34. The first-order valence-corrected chi connectivity index (χ1v) is 9.41. The van der Waals surface area contributed by atoms with Gasteiger partial charge in [0, 0.05) is 17.8 Å². The van der Waals surface area contributed by atoms with Gasteiger partial charge in [-0.15, -0.1) is 0 Å². The molecular formula is C20H21N3O4S. The Balaban J connectivity index is 1.99. The van der Waals surface area contributed by atoms with Gasteiger partial charge in [0.2, 0.25) is 5.91 Å². The number of Topliss-reactive ketones (excluding diaryl/α,β-unsaturated/α-hetero) is 1. The van der Waals surface area contributed by atoms with E-state index in [1.54, 1.807) is 33.3 Å². The van der Waals surface area contributed by atoms with Gasteiger partial charge < -0.3 is 14.8 Å². The number of hydrogen-bond donors (Lipinski definition) is 1. The molecule has 0 unspecified atom stereocenters. The monoisotopic (exact) mass is 399 g/mol. The van der Waals surface area contributed by atoms with Crippen molar-refractivity contribution in [1.82, 2.24) is 10.3 Å². The Morgan fingerprint density at radius 3 is 2.54 bits per heavy atom. The predicted octanol–water partition coefficient (Wildman–Crippen LogP) is 2.89. The molecule has 1 N–H and O–H groups in total. The quantitative estimate of drug-likeness (QED) is 0.538. The third kappa shape index (κ3) is 5.24. The standard InChI is InChI=1S/C20H21N3O4S/c1-12-16(13(2)24)8-15(9-21)20(23-12)28-11-19(25)22-10-14-5-6-17(26-3)18(7-14)27-4/h5-8H,10-11H2,1-4H3,(H,22,25). The van der Waals surface area contributed by atoms with Crippen molar-refractivity contribution in [2.45, 2.75) is 25.4 Å². The summed E-state index contributed by atoms with van der Waals surface area (Å²) in [6.07, 6.45) is 0. The molecule has 0 fully saturated rings. The van der Waals surface area contributed by atoms with E-state index in [-0.39, 0.29) is 23.0 Å². The van der Waals surface area contributed by atoms with Crippen molar-refractivity contribution in [1.29, 1.82) is 5.26 Å². The lowest BCUT2D eigenvalue weighted by Gasteiger charge is -2.11. The molecule has 146 valence electrons. The highest BCUT2D eigenvalue weighted by Crippen LogP contribution is 2.27. The van der Waals surface area contributed by atoms with Crippen LogP contribution in [0.25, 0.3) is 0 Å². The van der Waals surface area contributed by atoms with Crippen molar-refractivity contribution in [2.75, 3.05) is 20.0 Å². The van der Waals surface area contributed by atoms with Gasteiger partial charge in [0.15, 0.2) is 17.3 Å². The Morgan fingerprint density at radius 1 is 1.21 bits per heavy atom. The minimum atomic E-state index is -0.196. The molecule has 2 rings (SSSR count). The van der Waals surface area contributed by atoms with Crippen LogP contribution >= 0.6 is 11.8 Å². The molecule has 28 heavy (non-hydrogen) atoms. The number of ketones is 1. The zero-order chi connectivity index (χ0) is 20.7. The molecule has 1 aromatic carbocycles. The van der Waals surface area contributed by atoms with E-state index in [4.69, 9.17) is 9.47 Å². The van der Waals surface area contributed by atoms with Crippen LogP contribution in [0.4, 0.5) is 0 Å². The summed E-state index contributed by atoms with van der Waals surface area (Å²) in [6.45, 7) is 3.47. The van der Waals surface area contributed by atoms with Gasteiger partial charge >= 0.3 is 0 Å². The van der Waals surface area contributed by atoms with Crippen molar-refractivity contribution < 1.29 is 19.1 Å². The molecule has 1 aromatic heterocycles. The van der Waals surface area contributed by atoms with E-state index >= 15 is 0 Å². The van der Waals surface area contributed by atoms with Gasteiger partial charge in [-0.3, -0.25) is 9.59 Å². The van der Waals surface area contributed by atoms with E-state index in [0.29, 0.717) is 34.3 Å². The largest absolute Gasteiger partial charge is 0.493 e. The Labute approximate surface area is 168 Å². The molecule has 0 bridgehead atoms. The van der Waals surface area contributed by atoms with Crippen LogP contribution in [0.5, 0.6) is 11.5 Å². The molecule has 0 spiro atoms. The summed E-state index contributed by atoms with van der Waals surface area (Å²) >= 11 is 1.16. The molecule has 0 saturated carbocycles. The topological polar surface area (TPSA) is 101 Å².